The zero-order chi connectivity index (χ0) is 25.7. The number of para-hydroxylation sites is 1. The van der Waals surface area contributed by atoms with Crippen LogP contribution in [0.4, 0.5) is 5.69 Å². The summed E-state index contributed by atoms with van der Waals surface area (Å²) in [6, 6.07) is 17.7. The van der Waals surface area contributed by atoms with E-state index in [1.54, 1.807) is 47.0 Å². The Balaban J connectivity index is 1.59. The summed E-state index contributed by atoms with van der Waals surface area (Å²) in [5.74, 6) is 1.02. The topological polar surface area (TPSA) is 91.7 Å². The van der Waals surface area contributed by atoms with Gasteiger partial charge in [-0.1, -0.05) is 47.6 Å². The molecular weight excluding hydrogens is 502 g/mol. The number of carbonyl (C=O) groups excluding carboxylic acids is 1. The molecule has 8 nitrogen and oxygen atoms in total. The highest BCUT2D eigenvalue weighted by Crippen LogP contribution is 2.40. The molecule has 1 amide bonds. The standard InChI is InChI=1S/C26H24ClN3O5S/c1-33-21-12-18(13-22(34-2)24(21)35-3)28-23(31)15-36-26-29-20-7-5-4-6-19(20)25(32)30(26)14-16-8-10-17(27)11-9-16/h4-13H,14-15H2,1-3H3,(H,28,31). The number of ether oxygens (including phenoxy) is 3. The lowest BCUT2D eigenvalue weighted by Crippen LogP contribution is -2.25. The highest BCUT2D eigenvalue weighted by molar-refractivity contribution is 7.99. The Morgan fingerprint density at radius 1 is 1.00 bits per heavy atom. The van der Waals surface area contributed by atoms with E-state index in [0.29, 0.717) is 50.6 Å². The minimum atomic E-state index is -0.283. The maximum atomic E-state index is 13.3. The molecule has 36 heavy (non-hydrogen) atoms. The third-order valence-electron chi connectivity index (χ3n) is 5.36. The van der Waals surface area contributed by atoms with E-state index in [-0.39, 0.29) is 17.2 Å². The maximum absolute atomic E-state index is 13.3. The van der Waals surface area contributed by atoms with Crippen molar-refractivity contribution in [2.45, 2.75) is 11.7 Å². The Bertz CT molecular complexity index is 1430. The number of aromatic nitrogens is 2. The number of rotatable bonds is 9. The summed E-state index contributed by atoms with van der Waals surface area (Å²) in [4.78, 5) is 30.8. The lowest BCUT2D eigenvalue weighted by atomic mass is 10.2. The van der Waals surface area contributed by atoms with Crippen LogP contribution < -0.4 is 25.1 Å². The number of amides is 1. The number of hydrogen-bond donors (Lipinski definition) is 1. The number of methoxy groups -OCH3 is 3. The number of nitrogens with one attached hydrogen (secondary N) is 1. The van der Waals surface area contributed by atoms with Gasteiger partial charge in [-0.15, -0.1) is 0 Å². The quantitative estimate of drug-likeness (QED) is 0.246. The summed E-state index contributed by atoms with van der Waals surface area (Å²) in [7, 11) is 4.52. The van der Waals surface area contributed by atoms with Gasteiger partial charge in [0.05, 0.1) is 44.5 Å². The SMILES string of the molecule is COc1cc(NC(=O)CSc2nc3ccccc3c(=O)n2Cc2ccc(Cl)cc2)cc(OC)c1OC. The van der Waals surface area contributed by atoms with E-state index in [0.717, 1.165) is 5.56 Å². The number of fused-ring (bicyclic) bond motifs is 1. The second-order valence-electron chi connectivity index (χ2n) is 7.68. The van der Waals surface area contributed by atoms with Crippen LogP contribution in [0.25, 0.3) is 10.9 Å². The molecule has 1 N–H and O–H groups in total. The van der Waals surface area contributed by atoms with Crippen LogP contribution in [0.15, 0.2) is 70.6 Å². The van der Waals surface area contributed by atoms with E-state index < -0.39 is 0 Å². The fraction of sp³-hybridized carbons (Fsp3) is 0.192. The predicted molar refractivity (Wildman–Crippen MR) is 142 cm³/mol. The predicted octanol–water partition coefficient (Wildman–Crippen LogP) is 4.85. The van der Waals surface area contributed by atoms with Gasteiger partial charge in [0.1, 0.15) is 0 Å². The number of carbonyl (C=O) groups is 1. The molecule has 0 aliphatic carbocycles. The second-order valence-corrected chi connectivity index (χ2v) is 9.06. The highest BCUT2D eigenvalue weighted by Gasteiger charge is 2.17. The van der Waals surface area contributed by atoms with Gasteiger partial charge >= 0.3 is 0 Å². The fourth-order valence-electron chi connectivity index (χ4n) is 3.65. The highest BCUT2D eigenvalue weighted by atomic mass is 35.5. The molecule has 0 spiro atoms. The monoisotopic (exact) mass is 525 g/mol. The molecule has 0 bridgehead atoms. The minimum Gasteiger partial charge on any atom is -0.493 e. The van der Waals surface area contributed by atoms with Gasteiger partial charge in [-0.2, -0.15) is 0 Å². The molecule has 186 valence electrons. The Morgan fingerprint density at radius 3 is 2.31 bits per heavy atom. The average molecular weight is 526 g/mol. The third kappa shape index (κ3) is 5.58. The van der Waals surface area contributed by atoms with E-state index in [9.17, 15) is 9.59 Å². The molecule has 4 aromatic rings. The molecule has 0 fully saturated rings. The van der Waals surface area contributed by atoms with Crippen LogP contribution in [0.5, 0.6) is 17.2 Å². The molecule has 1 heterocycles. The first-order valence-electron chi connectivity index (χ1n) is 10.9. The van der Waals surface area contributed by atoms with Gasteiger partial charge in [0, 0.05) is 22.8 Å². The van der Waals surface area contributed by atoms with Gasteiger partial charge in [0.15, 0.2) is 16.7 Å². The maximum Gasteiger partial charge on any atom is 0.262 e. The van der Waals surface area contributed by atoms with Crippen LogP contribution in [0.2, 0.25) is 5.02 Å². The molecule has 10 heteroatoms. The summed E-state index contributed by atoms with van der Waals surface area (Å²) < 4.78 is 17.6. The zero-order valence-corrected chi connectivity index (χ0v) is 21.5. The first kappa shape index (κ1) is 25.4. The smallest absolute Gasteiger partial charge is 0.262 e. The fourth-order valence-corrected chi connectivity index (χ4v) is 4.57. The van der Waals surface area contributed by atoms with Crippen LogP contribution >= 0.6 is 23.4 Å². The Morgan fingerprint density at radius 2 is 1.67 bits per heavy atom. The van der Waals surface area contributed by atoms with E-state index in [4.69, 9.17) is 25.8 Å². The van der Waals surface area contributed by atoms with Crippen molar-refractivity contribution in [1.82, 2.24) is 9.55 Å². The van der Waals surface area contributed by atoms with Crippen molar-refractivity contribution in [3.63, 3.8) is 0 Å². The lowest BCUT2D eigenvalue weighted by molar-refractivity contribution is -0.113. The third-order valence-corrected chi connectivity index (χ3v) is 6.59. The van der Waals surface area contributed by atoms with Crippen molar-refractivity contribution >= 4 is 45.9 Å². The van der Waals surface area contributed by atoms with Gasteiger partial charge < -0.3 is 19.5 Å². The summed E-state index contributed by atoms with van der Waals surface area (Å²) in [6.07, 6.45) is 0. The van der Waals surface area contributed by atoms with Crippen molar-refractivity contribution in [3.8, 4) is 17.2 Å². The summed E-state index contributed by atoms with van der Waals surface area (Å²) in [5.41, 5.74) is 1.77. The number of nitrogens with zero attached hydrogens (tertiary/aromatic N) is 2. The van der Waals surface area contributed by atoms with Crippen LogP contribution in [0, 0.1) is 0 Å². The molecule has 0 radical (unpaired) electrons. The Kier molecular flexibility index (Phi) is 8.02. The van der Waals surface area contributed by atoms with Crippen LogP contribution in [-0.2, 0) is 11.3 Å². The largest absolute Gasteiger partial charge is 0.493 e. The van der Waals surface area contributed by atoms with Crippen molar-refractivity contribution in [3.05, 3.63) is 81.6 Å². The van der Waals surface area contributed by atoms with Crippen molar-refractivity contribution < 1.29 is 19.0 Å². The molecular formula is C26H24ClN3O5S. The molecule has 0 aliphatic heterocycles. The summed E-state index contributed by atoms with van der Waals surface area (Å²) in [6.45, 7) is 0.296. The average Bonchev–Trinajstić information content (AvgIpc) is 2.89. The van der Waals surface area contributed by atoms with Crippen molar-refractivity contribution in [2.75, 3.05) is 32.4 Å². The lowest BCUT2D eigenvalue weighted by Gasteiger charge is -2.15. The van der Waals surface area contributed by atoms with Gasteiger partial charge in [-0.25, -0.2) is 4.98 Å². The van der Waals surface area contributed by atoms with Crippen LogP contribution in [0.1, 0.15) is 5.56 Å². The molecule has 0 saturated heterocycles. The Labute approximate surface area is 217 Å². The first-order chi connectivity index (χ1) is 17.4. The molecule has 0 unspecified atom stereocenters. The number of anilines is 1. The van der Waals surface area contributed by atoms with Gasteiger partial charge in [-0.05, 0) is 29.8 Å². The number of halogens is 1. The van der Waals surface area contributed by atoms with Gasteiger partial charge in [0.25, 0.3) is 5.56 Å². The van der Waals surface area contributed by atoms with Crippen LogP contribution in [-0.4, -0.2) is 42.5 Å². The van der Waals surface area contributed by atoms with Crippen molar-refractivity contribution in [2.24, 2.45) is 0 Å². The van der Waals surface area contributed by atoms with E-state index in [1.165, 1.54) is 33.1 Å². The zero-order valence-electron chi connectivity index (χ0n) is 19.9. The molecule has 0 saturated carbocycles. The van der Waals surface area contributed by atoms with E-state index >= 15 is 0 Å². The molecule has 4 rings (SSSR count). The molecule has 3 aromatic carbocycles. The summed E-state index contributed by atoms with van der Waals surface area (Å²) >= 11 is 7.19. The van der Waals surface area contributed by atoms with Gasteiger partial charge in [-0.3, -0.25) is 14.2 Å². The Hall–Kier alpha value is -3.69. The molecule has 0 atom stereocenters. The van der Waals surface area contributed by atoms with Crippen LogP contribution in [0.3, 0.4) is 0 Å². The van der Waals surface area contributed by atoms with Crippen molar-refractivity contribution in [1.29, 1.82) is 0 Å². The normalized spacial score (nSPS) is 10.8. The number of thioether (sulfide) groups is 1. The molecule has 1 aromatic heterocycles. The minimum absolute atomic E-state index is 0.0298. The first-order valence-corrected chi connectivity index (χ1v) is 12.3. The number of benzene rings is 3. The van der Waals surface area contributed by atoms with E-state index in [1.807, 2.05) is 18.2 Å². The van der Waals surface area contributed by atoms with Gasteiger partial charge in [0.2, 0.25) is 11.7 Å². The second kappa shape index (κ2) is 11.4. The molecule has 0 aliphatic rings. The summed E-state index contributed by atoms with van der Waals surface area (Å²) in [5, 5.41) is 4.40. The van der Waals surface area contributed by atoms with E-state index in [2.05, 4.69) is 10.3 Å². The number of hydrogen-bond acceptors (Lipinski definition) is 7.